The lowest BCUT2D eigenvalue weighted by Gasteiger charge is -2.26. The molecule has 1 aromatic heterocycles. The van der Waals surface area contributed by atoms with E-state index < -0.39 is 0 Å². The highest BCUT2D eigenvalue weighted by Crippen LogP contribution is 2.16. The van der Waals surface area contributed by atoms with E-state index in [0.717, 1.165) is 37.4 Å². The normalized spacial score (nSPS) is 12.0. The summed E-state index contributed by atoms with van der Waals surface area (Å²) in [6.07, 6.45) is 5.82. The maximum atomic E-state index is 12.5. The molecular formula is C23H34N4O4. The fourth-order valence-electron chi connectivity index (χ4n) is 3.34. The number of aldehydes is 1. The Kier molecular flexibility index (Phi) is 10.2. The molecule has 1 heterocycles. The molecule has 0 radical (unpaired) electrons. The zero-order valence-corrected chi connectivity index (χ0v) is 18.7. The Morgan fingerprint density at radius 3 is 2.61 bits per heavy atom. The van der Waals surface area contributed by atoms with Gasteiger partial charge in [-0.25, -0.2) is 4.68 Å². The summed E-state index contributed by atoms with van der Waals surface area (Å²) in [6, 6.07) is 8.12. The van der Waals surface area contributed by atoms with Gasteiger partial charge in [0.2, 0.25) is 0 Å². The number of hydrogen-bond acceptors (Lipinski definition) is 6. The van der Waals surface area contributed by atoms with Gasteiger partial charge in [-0.15, -0.1) is 0 Å². The van der Waals surface area contributed by atoms with E-state index in [1.807, 2.05) is 24.3 Å². The van der Waals surface area contributed by atoms with Crippen molar-refractivity contribution in [1.29, 1.82) is 0 Å². The smallest absolute Gasteiger partial charge is 0.257 e. The molecular weight excluding hydrogens is 396 g/mol. The molecule has 8 nitrogen and oxygen atoms in total. The van der Waals surface area contributed by atoms with Crippen LogP contribution in [0, 0.1) is 0 Å². The number of hydrogen-bond donors (Lipinski definition) is 1. The molecule has 0 saturated carbocycles. The third-order valence-corrected chi connectivity index (χ3v) is 5.36. The van der Waals surface area contributed by atoms with Crippen molar-refractivity contribution in [1.82, 2.24) is 19.6 Å². The Hall–Kier alpha value is -2.71. The first-order chi connectivity index (χ1) is 15.0. The van der Waals surface area contributed by atoms with Crippen LogP contribution in [0.1, 0.15) is 44.0 Å². The number of carbonyl (C=O) groups excluding carboxylic acids is 2. The summed E-state index contributed by atoms with van der Waals surface area (Å²) in [4.78, 5) is 27.0. The third-order valence-electron chi connectivity index (χ3n) is 5.36. The van der Waals surface area contributed by atoms with Gasteiger partial charge in [0.15, 0.2) is 0 Å². The highest BCUT2D eigenvalue weighted by molar-refractivity contribution is 5.94. The molecule has 1 amide bonds. The number of benzene rings is 1. The molecule has 170 valence electrons. The number of amides is 1. The van der Waals surface area contributed by atoms with Crippen LogP contribution in [0.15, 0.2) is 36.7 Å². The van der Waals surface area contributed by atoms with Crippen molar-refractivity contribution in [2.45, 2.75) is 39.7 Å². The number of aromatic nitrogens is 2. The first-order valence-electron chi connectivity index (χ1n) is 10.9. The molecule has 0 saturated heterocycles. The van der Waals surface area contributed by atoms with E-state index in [4.69, 9.17) is 9.84 Å². The summed E-state index contributed by atoms with van der Waals surface area (Å²) < 4.78 is 7.46. The van der Waals surface area contributed by atoms with Gasteiger partial charge < -0.3 is 24.4 Å². The van der Waals surface area contributed by atoms with Gasteiger partial charge in [-0.05, 0) is 50.6 Å². The third kappa shape index (κ3) is 7.18. The van der Waals surface area contributed by atoms with Crippen LogP contribution in [0.25, 0.3) is 5.69 Å². The summed E-state index contributed by atoms with van der Waals surface area (Å²) >= 11 is 0. The molecule has 0 aliphatic rings. The van der Waals surface area contributed by atoms with E-state index in [1.54, 1.807) is 10.9 Å². The highest BCUT2D eigenvalue weighted by atomic mass is 16.5. The number of ether oxygens (including phenoxy) is 1. The van der Waals surface area contributed by atoms with Crippen molar-refractivity contribution in [3.63, 3.8) is 0 Å². The molecule has 0 fully saturated rings. The van der Waals surface area contributed by atoms with Gasteiger partial charge in [0.1, 0.15) is 12.0 Å². The number of rotatable bonds is 14. The lowest BCUT2D eigenvalue weighted by Crippen LogP contribution is -2.34. The monoisotopic (exact) mass is 430 g/mol. The molecule has 1 N–H and O–H groups in total. The zero-order valence-electron chi connectivity index (χ0n) is 18.7. The van der Waals surface area contributed by atoms with Gasteiger partial charge in [0.05, 0.1) is 37.2 Å². The van der Waals surface area contributed by atoms with Crippen LogP contribution in [-0.4, -0.2) is 82.3 Å². The summed E-state index contributed by atoms with van der Waals surface area (Å²) in [5.41, 5.74) is 1.15. The van der Waals surface area contributed by atoms with Gasteiger partial charge in [0, 0.05) is 25.3 Å². The van der Waals surface area contributed by atoms with E-state index in [0.29, 0.717) is 24.5 Å². The first-order valence-corrected chi connectivity index (χ1v) is 10.9. The lowest BCUT2D eigenvalue weighted by molar-refractivity contribution is -0.108. The quantitative estimate of drug-likeness (QED) is 0.366. The molecule has 2 aromatic rings. The second kappa shape index (κ2) is 12.9. The van der Waals surface area contributed by atoms with Crippen LogP contribution in [-0.2, 0) is 4.79 Å². The van der Waals surface area contributed by atoms with E-state index in [-0.39, 0.29) is 25.6 Å². The lowest BCUT2D eigenvalue weighted by atomic mass is 10.2. The molecule has 0 spiro atoms. The zero-order chi connectivity index (χ0) is 22.6. The molecule has 1 unspecified atom stereocenters. The molecule has 1 aromatic carbocycles. The second-order valence-electron chi connectivity index (χ2n) is 7.40. The average Bonchev–Trinajstić information content (AvgIpc) is 3.29. The van der Waals surface area contributed by atoms with E-state index >= 15 is 0 Å². The minimum absolute atomic E-state index is 0.0655. The van der Waals surface area contributed by atoms with Crippen LogP contribution >= 0.6 is 0 Å². The standard InChI is InChI=1S/C23H34N4O4/c1-4-19(3)25(5-2)11-6-16-31-22-9-7-21(8-10-22)27-18-20(17-24-27)23(30)26(12-14-28)13-15-29/h7-10,14,17-19,29H,4-6,11-13,15-16H2,1-3H3. The van der Waals surface area contributed by atoms with Gasteiger partial charge >= 0.3 is 0 Å². The van der Waals surface area contributed by atoms with Crippen molar-refractivity contribution in [2.75, 3.05) is 39.4 Å². The van der Waals surface area contributed by atoms with Crippen molar-refractivity contribution < 1.29 is 19.4 Å². The van der Waals surface area contributed by atoms with Gasteiger partial charge in [-0.3, -0.25) is 4.79 Å². The van der Waals surface area contributed by atoms with Crippen molar-refractivity contribution in [3.05, 3.63) is 42.2 Å². The maximum absolute atomic E-state index is 12.5. The van der Waals surface area contributed by atoms with Crippen molar-refractivity contribution in [2.24, 2.45) is 0 Å². The van der Waals surface area contributed by atoms with E-state index in [2.05, 4.69) is 30.8 Å². The molecule has 0 aliphatic heterocycles. The summed E-state index contributed by atoms with van der Waals surface area (Å²) in [5.74, 6) is 0.449. The van der Waals surface area contributed by atoms with Gasteiger partial charge in [-0.1, -0.05) is 13.8 Å². The Labute approximate surface area is 184 Å². The molecule has 2 rings (SSSR count). The van der Waals surface area contributed by atoms with E-state index in [1.165, 1.54) is 11.1 Å². The number of aliphatic hydroxyl groups excluding tert-OH is 1. The number of carbonyl (C=O) groups is 2. The fraction of sp³-hybridized carbons (Fsp3) is 0.522. The number of aliphatic hydroxyl groups is 1. The van der Waals surface area contributed by atoms with Crippen LogP contribution < -0.4 is 4.74 Å². The molecule has 8 heteroatoms. The Morgan fingerprint density at radius 2 is 2.00 bits per heavy atom. The van der Waals surface area contributed by atoms with Crippen LogP contribution in [0.2, 0.25) is 0 Å². The second-order valence-corrected chi connectivity index (χ2v) is 7.40. The molecule has 31 heavy (non-hydrogen) atoms. The largest absolute Gasteiger partial charge is 0.494 e. The predicted octanol–water partition coefficient (Wildman–Crippen LogP) is 2.40. The Morgan fingerprint density at radius 1 is 1.26 bits per heavy atom. The van der Waals surface area contributed by atoms with Crippen LogP contribution in [0.3, 0.4) is 0 Å². The molecule has 0 aliphatic carbocycles. The minimum atomic E-state index is -0.342. The van der Waals surface area contributed by atoms with Crippen molar-refractivity contribution in [3.8, 4) is 11.4 Å². The maximum Gasteiger partial charge on any atom is 0.257 e. The minimum Gasteiger partial charge on any atom is -0.494 e. The fourth-order valence-corrected chi connectivity index (χ4v) is 3.34. The van der Waals surface area contributed by atoms with Gasteiger partial charge in [-0.2, -0.15) is 5.10 Å². The topological polar surface area (TPSA) is 87.9 Å². The summed E-state index contributed by atoms with van der Waals surface area (Å²) in [7, 11) is 0. The highest BCUT2D eigenvalue weighted by Gasteiger charge is 2.17. The summed E-state index contributed by atoms with van der Waals surface area (Å²) in [5, 5.41) is 13.3. The van der Waals surface area contributed by atoms with Crippen LogP contribution in [0.5, 0.6) is 5.75 Å². The predicted molar refractivity (Wildman–Crippen MR) is 120 cm³/mol. The molecule has 0 bridgehead atoms. The Balaban J connectivity index is 1.91. The number of nitrogens with zero attached hydrogens (tertiary/aromatic N) is 4. The average molecular weight is 431 g/mol. The molecule has 1 atom stereocenters. The van der Waals surface area contributed by atoms with Gasteiger partial charge in [0.25, 0.3) is 5.91 Å². The van der Waals surface area contributed by atoms with E-state index in [9.17, 15) is 9.59 Å². The Bertz CT molecular complexity index is 806. The first kappa shape index (κ1) is 24.6. The summed E-state index contributed by atoms with van der Waals surface area (Å²) in [6.45, 7) is 9.20. The van der Waals surface area contributed by atoms with Crippen LogP contribution in [0.4, 0.5) is 0 Å². The van der Waals surface area contributed by atoms with Crippen molar-refractivity contribution >= 4 is 12.2 Å². The SMILES string of the molecule is CCC(C)N(CC)CCCOc1ccc(-n2cc(C(=O)N(CC=O)CCO)cn2)cc1.